The summed E-state index contributed by atoms with van der Waals surface area (Å²) in [5.41, 5.74) is 4.37. The van der Waals surface area contributed by atoms with Gasteiger partial charge in [-0.1, -0.05) is 93.1 Å². The number of carbonyl (C=O) groups excluding carboxylic acids is 3. The first kappa shape index (κ1) is 29.4. The van der Waals surface area contributed by atoms with Crippen LogP contribution in [0.1, 0.15) is 80.6 Å². The van der Waals surface area contributed by atoms with E-state index < -0.39 is 0 Å². The van der Waals surface area contributed by atoms with Gasteiger partial charge in [0.2, 0.25) is 11.8 Å². The fourth-order valence-electron chi connectivity index (χ4n) is 4.59. The van der Waals surface area contributed by atoms with Gasteiger partial charge in [0.15, 0.2) is 0 Å². The van der Waals surface area contributed by atoms with Crippen LogP contribution in [0.4, 0.5) is 0 Å². The molecule has 2 N–H and O–H groups in total. The molecule has 1 atom stereocenters. The largest absolute Gasteiger partial charge is 0.346 e. The second-order valence-electron chi connectivity index (χ2n) is 9.76. The number of nitrogens with one attached hydrogen (secondary N) is 2. The van der Waals surface area contributed by atoms with Crippen LogP contribution in [-0.2, 0) is 9.59 Å². The predicted molar refractivity (Wildman–Crippen MR) is 152 cm³/mol. The van der Waals surface area contributed by atoms with Gasteiger partial charge in [-0.05, 0) is 37.0 Å². The van der Waals surface area contributed by atoms with E-state index >= 15 is 0 Å². The normalized spacial score (nSPS) is 15.7. The first-order valence-electron chi connectivity index (χ1n) is 13.7. The summed E-state index contributed by atoms with van der Waals surface area (Å²) in [6.07, 6.45) is 8.90. The van der Waals surface area contributed by atoms with Crippen LogP contribution in [0.15, 0.2) is 59.7 Å². The Morgan fingerprint density at radius 2 is 1.68 bits per heavy atom. The lowest BCUT2D eigenvalue weighted by Gasteiger charge is -2.31. The quantitative estimate of drug-likeness (QED) is 0.198. The molecule has 0 bridgehead atoms. The van der Waals surface area contributed by atoms with Crippen molar-refractivity contribution in [3.63, 3.8) is 0 Å². The zero-order chi connectivity index (χ0) is 27.2. The summed E-state index contributed by atoms with van der Waals surface area (Å²) in [6, 6.07) is 16.2. The van der Waals surface area contributed by atoms with Crippen LogP contribution in [0.5, 0.6) is 0 Å². The number of carbonyl (C=O) groups is 3. The zero-order valence-corrected chi connectivity index (χ0v) is 23.0. The Bertz CT molecular complexity index is 1090. The van der Waals surface area contributed by atoms with E-state index in [1.165, 1.54) is 25.7 Å². The number of likely N-dealkylation sites (tertiary alicyclic amines) is 1. The molecule has 1 aliphatic rings. The average Bonchev–Trinajstić information content (AvgIpc) is 2.95. The van der Waals surface area contributed by atoms with Crippen LogP contribution in [0.2, 0.25) is 5.02 Å². The highest BCUT2D eigenvalue weighted by Crippen LogP contribution is 2.19. The maximum Gasteiger partial charge on any atom is 0.253 e. The SMILES string of the molecule is CCCCCCCCC(=O)N1CCC[C@H](C(=O)N/N=C(\CNC(=O)c2ccccc2Cl)c2ccccc2)C1. The number of hydrogen-bond donors (Lipinski definition) is 2. The van der Waals surface area contributed by atoms with E-state index in [4.69, 9.17) is 11.6 Å². The van der Waals surface area contributed by atoms with Crippen LogP contribution >= 0.6 is 11.6 Å². The van der Waals surface area contributed by atoms with E-state index in [2.05, 4.69) is 22.8 Å². The fourth-order valence-corrected chi connectivity index (χ4v) is 4.81. The summed E-state index contributed by atoms with van der Waals surface area (Å²) in [6.45, 7) is 3.42. The standard InChI is InChI=1S/C30H39ClN4O3/c1-2-3-4-5-6-10-19-28(36)35-20-13-16-24(22-35)29(37)34-33-27(23-14-8-7-9-15-23)21-32-30(38)25-17-11-12-18-26(25)31/h7-9,11-12,14-15,17-18,24H,2-6,10,13,16,19-22H2,1H3,(H,32,38)(H,34,37)/b33-27+/t24-/m0/s1. The highest BCUT2D eigenvalue weighted by Gasteiger charge is 2.28. The molecule has 1 fully saturated rings. The number of hydrogen-bond acceptors (Lipinski definition) is 4. The Balaban J connectivity index is 1.56. The molecule has 3 rings (SSSR count). The number of hydrazone groups is 1. The van der Waals surface area contributed by atoms with Crippen molar-refractivity contribution < 1.29 is 14.4 Å². The van der Waals surface area contributed by atoms with Gasteiger partial charge in [0.05, 0.1) is 28.8 Å². The van der Waals surface area contributed by atoms with Gasteiger partial charge in [-0.15, -0.1) is 0 Å². The van der Waals surface area contributed by atoms with Gasteiger partial charge >= 0.3 is 0 Å². The molecular formula is C30H39ClN4O3. The Hall–Kier alpha value is -3.19. The molecule has 2 aromatic carbocycles. The molecule has 7 nitrogen and oxygen atoms in total. The number of halogens is 1. The molecule has 0 spiro atoms. The molecule has 2 aromatic rings. The van der Waals surface area contributed by atoms with Crippen molar-refractivity contribution in [2.75, 3.05) is 19.6 Å². The third kappa shape index (κ3) is 9.28. The highest BCUT2D eigenvalue weighted by atomic mass is 35.5. The molecule has 0 unspecified atom stereocenters. The molecule has 204 valence electrons. The summed E-state index contributed by atoms with van der Waals surface area (Å²) in [4.78, 5) is 40.2. The maximum atomic E-state index is 13.0. The van der Waals surface area contributed by atoms with Gasteiger partial charge in [-0.2, -0.15) is 5.10 Å². The summed E-state index contributed by atoms with van der Waals surface area (Å²) in [5, 5.41) is 7.58. The van der Waals surface area contributed by atoms with E-state index in [-0.39, 0.29) is 30.2 Å². The van der Waals surface area contributed by atoms with Crippen LogP contribution < -0.4 is 10.7 Å². The molecule has 38 heavy (non-hydrogen) atoms. The molecule has 1 saturated heterocycles. The minimum absolute atomic E-state index is 0.113. The van der Waals surface area contributed by atoms with Crippen LogP contribution in [0, 0.1) is 5.92 Å². The molecule has 0 saturated carbocycles. The fraction of sp³-hybridized carbons (Fsp3) is 0.467. The Morgan fingerprint density at radius 1 is 0.974 bits per heavy atom. The number of piperidine rings is 1. The first-order valence-corrected chi connectivity index (χ1v) is 14.1. The summed E-state index contributed by atoms with van der Waals surface area (Å²) < 4.78 is 0. The van der Waals surface area contributed by atoms with E-state index in [1.54, 1.807) is 24.3 Å². The molecule has 3 amide bonds. The molecule has 8 heteroatoms. The smallest absolute Gasteiger partial charge is 0.253 e. The lowest BCUT2D eigenvalue weighted by molar-refractivity contribution is -0.135. The van der Waals surface area contributed by atoms with Gasteiger partial charge < -0.3 is 10.2 Å². The topological polar surface area (TPSA) is 90.9 Å². The molecule has 1 heterocycles. The third-order valence-corrected chi connectivity index (χ3v) is 7.16. The maximum absolute atomic E-state index is 13.0. The number of rotatable bonds is 13. The molecule has 0 aliphatic carbocycles. The monoisotopic (exact) mass is 538 g/mol. The number of nitrogens with zero attached hydrogens (tertiary/aromatic N) is 2. The molecule has 0 aromatic heterocycles. The summed E-state index contributed by atoms with van der Waals surface area (Å²) >= 11 is 6.15. The van der Waals surface area contributed by atoms with E-state index in [0.29, 0.717) is 42.2 Å². The molecule has 0 radical (unpaired) electrons. The number of benzene rings is 2. The lowest BCUT2D eigenvalue weighted by atomic mass is 9.97. The van der Waals surface area contributed by atoms with Gasteiger partial charge in [0.25, 0.3) is 5.91 Å². The van der Waals surface area contributed by atoms with Crippen molar-refractivity contribution in [1.82, 2.24) is 15.6 Å². The Morgan fingerprint density at radius 3 is 2.45 bits per heavy atom. The van der Waals surface area contributed by atoms with Crippen molar-refractivity contribution in [2.45, 2.75) is 64.7 Å². The number of unbranched alkanes of at least 4 members (excludes halogenated alkanes) is 5. The number of amides is 3. The van der Waals surface area contributed by atoms with Crippen molar-refractivity contribution in [2.24, 2.45) is 11.0 Å². The highest BCUT2D eigenvalue weighted by molar-refractivity contribution is 6.33. The minimum Gasteiger partial charge on any atom is -0.346 e. The van der Waals surface area contributed by atoms with Crippen molar-refractivity contribution >= 4 is 35.0 Å². The summed E-state index contributed by atoms with van der Waals surface area (Å²) in [5.74, 6) is -0.713. The summed E-state index contributed by atoms with van der Waals surface area (Å²) in [7, 11) is 0. The predicted octanol–water partition coefficient (Wildman–Crippen LogP) is 5.58. The van der Waals surface area contributed by atoms with Crippen molar-refractivity contribution in [3.05, 3.63) is 70.7 Å². The van der Waals surface area contributed by atoms with E-state index in [0.717, 1.165) is 24.8 Å². The van der Waals surface area contributed by atoms with Gasteiger partial charge in [-0.25, -0.2) is 5.43 Å². The Labute approximate surface area is 231 Å². The molecule has 1 aliphatic heterocycles. The van der Waals surface area contributed by atoms with E-state index in [1.807, 2.05) is 35.2 Å². The van der Waals surface area contributed by atoms with Crippen molar-refractivity contribution in [3.8, 4) is 0 Å². The van der Waals surface area contributed by atoms with Crippen molar-refractivity contribution in [1.29, 1.82) is 0 Å². The lowest BCUT2D eigenvalue weighted by Crippen LogP contribution is -2.45. The zero-order valence-electron chi connectivity index (χ0n) is 22.3. The van der Waals surface area contributed by atoms with Crippen LogP contribution in [-0.4, -0.2) is 48.0 Å². The first-order chi connectivity index (χ1) is 18.5. The Kier molecular flexibility index (Phi) is 12.3. The second-order valence-corrected chi connectivity index (χ2v) is 10.2. The second kappa shape index (κ2) is 15.9. The van der Waals surface area contributed by atoms with Gasteiger partial charge in [0.1, 0.15) is 0 Å². The van der Waals surface area contributed by atoms with E-state index in [9.17, 15) is 14.4 Å². The van der Waals surface area contributed by atoms with Crippen LogP contribution in [0.25, 0.3) is 0 Å². The average molecular weight is 539 g/mol. The third-order valence-electron chi connectivity index (χ3n) is 6.83. The van der Waals surface area contributed by atoms with Gasteiger partial charge in [-0.3, -0.25) is 14.4 Å². The van der Waals surface area contributed by atoms with Crippen LogP contribution in [0.3, 0.4) is 0 Å². The van der Waals surface area contributed by atoms with Gasteiger partial charge in [0, 0.05) is 19.5 Å². The minimum atomic E-state index is -0.322. The molecular weight excluding hydrogens is 500 g/mol.